The Kier molecular flexibility index (Phi) is 6.32. The fourth-order valence-electron chi connectivity index (χ4n) is 2.51. The molecule has 2 aromatic carbocycles. The lowest BCUT2D eigenvalue weighted by Crippen LogP contribution is -2.17. The molecule has 1 saturated heterocycles. The van der Waals surface area contributed by atoms with Gasteiger partial charge in [-0.15, -0.1) is 0 Å². The van der Waals surface area contributed by atoms with Crippen molar-refractivity contribution >= 4 is 46.6 Å². The van der Waals surface area contributed by atoms with Crippen molar-refractivity contribution in [3.63, 3.8) is 0 Å². The van der Waals surface area contributed by atoms with E-state index in [-0.39, 0.29) is 10.9 Å². The minimum atomic E-state index is -0.449. The smallest absolute Gasteiger partial charge is 0.311 e. The van der Waals surface area contributed by atoms with Crippen molar-refractivity contribution in [2.75, 3.05) is 0 Å². The molecule has 0 aliphatic carbocycles. The number of esters is 1. The van der Waals surface area contributed by atoms with Crippen LogP contribution in [0.25, 0.3) is 6.08 Å². The number of carbonyl (C=O) groups is 3. The molecule has 0 spiro atoms. The van der Waals surface area contributed by atoms with Crippen LogP contribution in [0.5, 0.6) is 5.75 Å². The Bertz CT molecular complexity index is 911. The molecule has 0 bridgehead atoms. The first-order chi connectivity index (χ1) is 13.0. The van der Waals surface area contributed by atoms with E-state index in [1.54, 1.807) is 12.1 Å². The van der Waals surface area contributed by atoms with E-state index in [1.807, 2.05) is 30.3 Å². The third-order valence-corrected chi connectivity index (χ3v) is 4.96. The maximum absolute atomic E-state index is 12.0. The molecule has 5 nitrogen and oxygen atoms in total. The second-order valence-electron chi connectivity index (χ2n) is 5.85. The highest BCUT2D eigenvalue weighted by molar-refractivity contribution is 8.18. The molecule has 0 unspecified atom stereocenters. The van der Waals surface area contributed by atoms with Gasteiger partial charge >= 0.3 is 5.97 Å². The largest absolute Gasteiger partial charge is 0.426 e. The van der Waals surface area contributed by atoms with Crippen molar-refractivity contribution in [1.29, 1.82) is 0 Å². The van der Waals surface area contributed by atoms with Crippen LogP contribution in [0.2, 0.25) is 5.02 Å². The van der Waals surface area contributed by atoms with E-state index >= 15 is 0 Å². The molecule has 1 aliphatic heterocycles. The van der Waals surface area contributed by atoms with E-state index in [0.29, 0.717) is 29.2 Å². The van der Waals surface area contributed by atoms with Gasteiger partial charge in [-0.05, 0) is 53.9 Å². The number of amides is 2. The minimum absolute atomic E-state index is 0.271. The van der Waals surface area contributed by atoms with Crippen LogP contribution in [0.1, 0.15) is 24.0 Å². The summed E-state index contributed by atoms with van der Waals surface area (Å²) in [4.78, 5) is 35.0. The van der Waals surface area contributed by atoms with Crippen molar-refractivity contribution in [1.82, 2.24) is 5.32 Å². The van der Waals surface area contributed by atoms with Crippen molar-refractivity contribution < 1.29 is 19.1 Å². The number of nitrogens with one attached hydrogen (secondary N) is 1. The number of imide groups is 1. The summed E-state index contributed by atoms with van der Waals surface area (Å²) in [6.07, 6.45) is 3.33. The summed E-state index contributed by atoms with van der Waals surface area (Å²) in [6.45, 7) is 0. The number of thioether (sulfide) groups is 1. The van der Waals surface area contributed by atoms with E-state index < -0.39 is 11.1 Å². The Hall–Kier alpha value is -2.57. The minimum Gasteiger partial charge on any atom is -0.426 e. The van der Waals surface area contributed by atoms with Gasteiger partial charge in [-0.1, -0.05) is 41.9 Å². The standard InChI is InChI=1S/C20H16ClNO4S/c21-16-12-15(10-9-14(16)11-17-19(24)22-20(25)27-17)26-18(23)8-4-7-13-5-2-1-3-6-13/h1-3,5-6,9-12H,4,7-8H2,(H,22,24,25). The van der Waals surface area contributed by atoms with Gasteiger partial charge < -0.3 is 4.74 Å². The maximum atomic E-state index is 12.0. The summed E-state index contributed by atoms with van der Waals surface area (Å²) in [5.74, 6) is -0.439. The van der Waals surface area contributed by atoms with Crippen LogP contribution in [-0.2, 0) is 16.0 Å². The lowest BCUT2D eigenvalue weighted by atomic mass is 10.1. The first kappa shape index (κ1) is 19.2. The summed E-state index contributed by atoms with van der Waals surface area (Å²) in [7, 11) is 0. The number of halogens is 1. The summed E-state index contributed by atoms with van der Waals surface area (Å²) < 4.78 is 5.31. The van der Waals surface area contributed by atoms with Crippen LogP contribution < -0.4 is 10.1 Å². The molecule has 1 heterocycles. The van der Waals surface area contributed by atoms with E-state index in [1.165, 1.54) is 17.7 Å². The Balaban J connectivity index is 1.55. The van der Waals surface area contributed by atoms with Gasteiger partial charge in [0.1, 0.15) is 5.75 Å². The molecule has 7 heteroatoms. The first-order valence-electron chi connectivity index (χ1n) is 8.30. The molecule has 1 fully saturated rings. The van der Waals surface area contributed by atoms with Gasteiger partial charge in [-0.3, -0.25) is 19.7 Å². The SMILES string of the molecule is O=C(CCCc1ccccc1)Oc1ccc(C=C2SC(=O)NC2=O)c(Cl)c1. The molecule has 0 saturated carbocycles. The average Bonchev–Trinajstić information content (AvgIpc) is 2.95. The number of benzene rings is 2. The van der Waals surface area contributed by atoms with Gasteiger partial charge in [0.05, 0.1) is 9.93 Å². The van der Waals surface area contributed by atoms with Crippen LogP contribution >= 0.6 is 23.4 Å². The highest BCUT2D eigenvalue weighted by atomic mass is 35.5. The van der Waals surface area contributed by atoms with Crippen molar-refractivity contribution in [3.8, 4) is 5.75 Å². The lowest BCUT2D eigenvalue weighted by molar-refractivity contribution is -0.134. The molecule has 2 amide bonds. The molecule has 1 aliphatic rings. The van der Waals surface area contributed by atoms with Gasteiger partial charge in [0.2, 0.25) is 0 Å². The molecule has 0 atom stereocenters. The van der Waals surface area contributed by atoms with Crippen molar-refractivity contribution in [2.24, 2.45) is 0 Å². The monoisotopic (exact) mass is 401 g/mol. The van der Waals surface area contributed by atoms with Crippen LogP contribution in [0, 0.1) is 0 Å². The van der Waals surface area contributed by atoms with Crippen LogP contribution in [0.4, 0.5) is 4.79 Å². The van der Waals surface area contributed by atoms with Crippen LogP contribution in [-0.4, -0.2) is 17.1 Å². The second-order valence-corrected chi connectivity index (χ2v) is 7.27. The predicted molar refractivity (Wildman–Crippen MR) is 106 cm³/mol. The van der Waals surface area contributed by atoms with Gasteiger partial charge in [0.25, 0.3) is 11.1 Å². The maximum Gasteiger partial charge on any atom is 0.311 e. The fraction of sp³-hybridized carbons (Fsp3) is 0.150. The number of carbonyl (C=O) groups excluding carboxylic acids is 3. The van der Waals surface area contributed by atoms with E-state index in [2.05, 4.69) is 5.32 Å². The molecule has 138 valence electrons. The van der Waals surface area contributed by atoms with Gasteiger partial charge in [0.15, 0.2) is 0 Å². The molecule has 0 aromatic heterocycles. The van der Waals surface area contributed by atoms with Crippen LogP contribution in [0.3, 0.4) is 0 Å². The number of rotatable bonds is 6. The number of hydrogen-bond acceptors (Lipinski definition) is 5. The lowest BCUT2D eigenvalue weighted by Gasteiger charge is -2.07. The number of hydrogen-bond donors (Lipinski definition) is 1. The predicted octanol–water partition coefficient (Wildman–Crippen LogP) is 4.59. The Morgan fingerprint density at radius 3 is 2.59 bits per heavy atom. The molecule has 27 heavy (non-hydrogen) atoms. The zero-order valence-electron chi connectivity index (χ0n) is 14.2. The summed E-state index contributed by atoms with van der Waals surface area (Å²) in [5, 5.41) is 2.09. The molecule has 3 rings (SSSR count). The van der Waals surface area contributed by atoms with E-state index in [0.717, 1.165) is 18.2 Å². The van der Waals surface area contributed by atoms with E-state index in [9.17, 15) is 14.4 Å². The Labute approximate surface area is 165 Å². The molecular weight excluding hydrogens is 386 g/mol. The Morgan fingerprint density at radius 2 is 1.93 bits per heavy atom. The molecular formula is C20H16ClNO4S. The second kappa shape index (κ2) is 8.88. The summed E-state index contributed by atoms with van der Waals surface area (Å²) >= 11 is 7.01. The third kappa shape index (κ3) is 5.45. The highest BCUT2D eigenvalue weighted by Crippen LogP contribution is 2.30. The quantitative estimate of drug-likeness (QED) is 0.435. The Morgan fingerprint density at radius 1 is 1.15 bits per heavy atom. The van der Waals surface area contributed by atoms with Gasteiger partial charge in [0, 0.05) is 12.5 Å². The zero-order chi connectivity index (χ0) is 19.2. The molecule has 2 aromatic rings. The van der Waals surface area contributed by atoms with Crippen molar-refractivity contribution in [3.05, 3.63) is 69.6 Å². The van der Waals surface area contributed by atoms with Gasteiger partial charge in [-0.25, -0.2) is 0 Å². The average molecular weight is 402 g/mol. The summed E-state index contributed by atoms with van der Waals surface area (Å²) in [5.41, 5.74) is 1.74. The zero-order valence-corrected chi connectivity index (χ0v) is 15.8. The highest BCUT2D eigenvalue weighted by Gasteiger charge is 2.25. The van der Waals surface area contributed by atoms with Crippen LogP contribution in [0.15, 0.2) is 53.4 Å². The normalized spacial score (nSPS) is 15.1. The van der Waals surface area contributed by atoms with Crippen molar-refractivity contribution in [2.45, 2.75) is 19.3 Å². The molecule has 0 radical (unpaired) electrons. The van der Waals surface area contributed by atoms with Gasteiger partial charge in [-0.2, -0.15) is 0 Å². The first-order valence-corrected chi connectivity index (χ1v) is 9.50. The number of ether oxygens (including phenoxy) is 1. The summed E-state index contributed by atoms with van der Waals surface area (Å²) in [6, 6.07) is 14.7. The fourth-order valence-corrected chi connectivity index (χ4v) is 3.41. The van der Waals surface area contributed by atoms with E-state index in [4.69, 9.17) is 16.3 Å². The third-order valence-electron chi connectivity index (χ3n) is 3.82. The molecule has 1 N–H and O–H groups in total. The topological polar surface area (TPSA) is 72.5 Å². The number of aryl methyl sites for hydroxylation is 1.